The molecule has 0 atom stereocenters. The molecule has 0 spiro atoms. The zero-order valence-corrected chi connectivity index (χ0v) is 14.1. The minimum atomic E-state index is -0.292. The Morgan fingerprint density at radius 3 is 2.64 bits per heavy atom. The molecular weight excluding hydrogens is 321 g/mol. The Balaban J connectivity index is 1.84. The van der Waals surface area contributed by atoms with Crippen LogP contribution in [0.15, 0.2) is 45.6 Å². The summed E-state index contributed by atoms with van der Waals surface area (Å²) in [7, 11) is 0. The molecule has 1 aliphatic rings. The molecule has 3 aromatic rings. The first-order chi connectivity index (χ1) is 12.1. The average molecular weight is 339 g/mol. The Kier molecular flexibility index (Phi) is 3.71. The summed E-state index contributed by atoms with van der Waals surface area (Å²) in [6.45, 7) is 4.79. The molecule has 0 saturated heterocycles. The molecule has 5 heteroatoms. The van der Waals surface area contributed by atoms with Gasteiger partial charge in [-0.25, -0.2) is 9.18 Å². The summed E-state index contributed by atoms with van der Waals surface area (Å²) in [6, 6.07) is 10.1. The topological polar surface area (TPSA) is 42.7 Å². The maximum atomic E-state index is 13.2. The molecule has 1 aliphatic heterocycles. The zero-order chi connectivity index (χ0) is 17.6. The van der Waals surface area contributed by atoms with Gasteiger partial charge in [-0.3, -0.25) is 0 Å². The molecule has 0 N–H and O–H groups in total. The van der Waals surface area contributed by atoms with Crippen molar-refractivity contribution in [3.05, 3.63) is 69.3 Å². The first-order valence-corrected chi connectivity index (χ1v) is 8.30. The molecule has 0 aliphatic carbocycles. The monoisotopic (exact) mass is 339 g/mol. The highest BCUT2D eigenvalue weighted by atomic mass is 19.1. The van der Waals surface area contributed by atoms with Gasteiger partial charge in [0, 0.05) is 16.6 Å². The van der Waals surface area contributed by atoms with E-state index in [1.165, 1.54) is 12.1 Å². The van der Waals surface area contributed by atoms with Gasteiger partial charge in [-0.2, -0.15) is 0 Å². The number of aryl methyl sites for hydroxylation is 1. The van der Waals surface area contributed by atoms with Crippen molar-refractivity contribution >= 4 is 16.7 Å². The average Bonchev–Trinajstić information content (AvgIpc) is 2.62. The van der Waals surface area contributed by atoms with Crippen molar-refractivity contribution in [1.29, 1.82) is 0 Å². The third-order valence-electron chi connectivity index (χ3n) is 4.79. The highest BCUT2D eigenvalue weighted by Gasteiger charge is 2.23. The van der Waals surface area contributed by atoms with Crippen LogP contribution in [0, 0.1) is 12.7 Å². The van der Waals surface area contributed by atoms with Gasteiger partial charge in [-0.15, -0.1) is 0 Å². The van der Waals surface area contributed by atoms with Crippen molar-refractivity contribution in [1.82, 2.24) is 0 Å². The predicted octanol–water partition coefficient (Wildman–Crippen LogP) is 4.16. The van der Waals surface area contributed by atoms with Crippen LogP contribution in [0.4, 0.5) is 10.1 Å². The molecule has 1 aromatic heterocycles. The number of benzene rings is 2. The van der Waals surface area contributed by atoms with E-state index in [4.69, 9.17) is 9.15 Å². The highest BCUT2D eigenvalue weighted by molar-refractivity contribution is 5.86. The van der Waals surface area contributed by atoms with E-state index in [1.807, 2.05) is 30.9 Å². The van der Waals surface area contributed by atoms with E-state index in [0.717, 1.165) is 28.0 Å². The summed E-state index contributed by atoms with van der Waals surface area (Å²) < 4.78 is 24.6. The summed E-state index contributed by atoms with van der Waals surface area (Å²) in [4.78, 5) is 14.3. The number of fused-ring (bicyclic) bond motifs is 3. The van der Waals surface area contributed by atoms with Crippen LogP contribution in [0.5, 0.6) is 5.75 Å². The summed E-state index contributed by atoms with van der Waals surface area (Å²) in [5, 5.41) is 0.930. The van der Waals surface area contributed by atoms with Gasteiger partial charge in [0.25, 0.3) is 0 Å². The van der Waals surface area contributed by atoms with Gasteiger partial charge < -0.3 is 14.1 Å². The van der Waals surface area contributed by atoms with Crippen LogP contribution in [0.2, 0.25) is 0 Å². The number of nitrogens with zero attached hydrogens (tertiary/aromatic N) is 1. The molecule has 2 aromatic carbocycles. The molecule has 2 heterocycles. The Hall–Kier alpha value is -2.82. The van der Waals surface area contributed by atoms with Gasteiger partial charge >= 0.3 is 5.63 Å². The van der Waals surface area contributed by atoms with E-state index < -0.39 is 0 Å². The lowest BCUT2D eigenvalue weighted by Crippen LogP contribution is -2.32. The SMILES string of the molecule is CCc1c(C)c2ccc3c(c2oc1=O)CN(c1ccc(F)cc1)CO3. The maximum absolute atomic E-state index is 13.2. The van der Waals surface area contributed by atoms with Crippen LogP contribution in [0.25, 0.3) is 11.0 Å². The van der Waals surface area contributed by atoms with E-state index in [-0.39, 0.29) is 11.4 Å². The quantitative estimate of drug-likeness (QED) is 0.658. The molecule has 0 saturated carbocycles. The number of ether oxygens (including phenoxy) is 1. The fraction of sp³-hybridized carbons (Fsp3) is 0.250. The summed E-state index contributed by atoms with van der Waals surface area (Å²) in [5.41, 5.74) is 3.64. The Morgan fingerprint density at radius 2 is 1.92 bits per heavy atom. The smallest absolute Gasteiger partial charge is 0.339 e. The highest BCUT2D eigenvalue weighted by Crippen LogP contribution is 2.35. The normalized spacial score (nSPS) is 13.6. The number of halogens is 1. The van der Waals surface area contributed by atoms with Gasteiger partial charge in [0.15, 0.2) is 6.73 Å². The molecule has 25 heavy (non-hydrogen) atoms. The van der Waals surface area contributed by atoms with E-state index in [1.54, 1.807) is 12.1 Å². The number of hydrogen-bond donors (Lipinski definition) is 0. The molecule has 4 rings (SSSR count). The van der Waals surface area contributed by atoms with Crippen LogP contribution in [0.3, 0.4) is 0 Å². The molecule has 4 nitrogen and oxygen atoms in total. The van der Waals surface area contributed by atoms with Crippen molar-refractivity contribution in [3.63, 3.8) is 0 Å². The van der Waals surface area contributed by atoms with Crippen molar-refractivity contribution in [2.75, 3.05) is 11.6 Å². The summed E-state index contributed by atoms with van der Waals surface area (Å²) in [5.74, 6) is 0.443. The minimum absolute atomic E-state index is 0.277. The zero-order valence-electron chi connectivity index (χ0n) is 14.1. The fourth-order valence-corrected chi connectivity index (χ4v) is 3.39. The molecule has 0 radical (unpaired) electrons. The Bertz CT molecular complexity index is 1010. The van der Waals surface area contributed by atoms with E-state index in [9.17, 15) is 9.18 Å². The molecule has 0 amide bonds. The van der Waals surface area contributed by atoms with E-state index in [0.29, 0.717) is 30.8 Å². The fourth-order valence-electron chi connectivity index (χ4n) is 3.39. The third kappa shape index (κ3) is 2.56. The van der Waals surface area contributed by atoms with Crippen LogP contribution >= 0.6 is 0 Å². The van der Waals surface area contributed by atoms with Crippen molar-refractivity contribution in [3.8, 4) is 5.75 Å². The van der Waals surface area contributed by atoms with Crippen LogP contribution in [-0.2, 0) is 13.0 Å². The molecule has 0 fully saturated rings. The summed E-state index contributed by atoms with van der Waals surface area (Å²) >= 11 is 0. The van der Waals surface area contributed by atoms with E-state index >= 15 is 0 Å². The second-order valence-electron chi connectivity index (χ2n) is 6.21. The number of hydrogen-bond acceptors (Lipinski definition) is 4. The Morgan fingerprint density at radius 1 is 1.16 bits per heavy atom. The van der Waals surface area contributed by atoms with Crippen LogP contribution < -0.4 is 15.3 Å². The van der Waals surface area contributed by atoms with Gasteiger partial charge in [0.05, 0.1) is 12.1 Å². The van der Waals surface area contributed by atoms with Crippen molar-refractivity contribution in [2.24, 2.45) is 0 Å². The van der Waals surface area contributed by atoms with Crippen molar-refractivity contribution < 1.29 is 13.5 Å². The summed E-state index contributed by atoms with van der Waals surface area (Å²) in [6.07, 6.45) is 0.638. The van der Waals surface area contributed by atoms with Crippen LogP contribution in [0.1, 0.15) is 23.6 Å². The first-order valence-electron chi connectivity index (χ1n) is 8.30. The standard InChI is InChI=1S/C20H18FNO3/c1-3-15-12(2)16-8-9-18-17(19(16)25-20(15)23)10-22(11-24-18)14-6-4-13(21)5-7-14/h4-9H,3,10-11H2,1-2H3. The lowest BCUT2D eigenvalue weighted by molar-refractivity contribution is 0.289. The Labute approximate surface area is 144 Å². The maximum Gasteiger partial charge on any atom is 0.339 e. The molecule has 0 bridgehead atoms. The first kappa shape index (κ1) is 15.7. The number of anilines is 1. The van der Waals surface area contributed by atoms with Gasteiger partial charge in [0.1, 0.15) is 17.1 Å². The second kappa shape index (κ2) is 5.92. The van der Waals surface area contributed by atoms with Gasteiger partial charge in [0.2, 0.25) is 0 Å². The van der Waals surface area contributed by atoms with E-state index in [2.05, 4.69) is 0 Å². The molecule has 0 unspecified atom stereocenters. The largest absolute Gasteiger partial charge is 0.473 e. The molecular formula is C20H18FNO3. The third-order valence-corrected chi connectivity index (χ3v) is 4.79. The van der Waals surface area contributed by atoms with Crippen LogP contribution in [-0.4, -0.2) is 6.73 Å². The van der Waals surface area contributed by atoms with Gasteiger partial charge in [-0.05, 0) is 55.3 Å². The molecule has 128 valence electrons. The predicted molar refractivity (Wildman–Crippen MR) is 94.7 cm³/mol. The lowest BCUT2D eigenvalue weighted by atomic mass is 10.0. The number of rotatable bonds is 2. The lowest BCUT2D eigenvalue weighted by Gasteiger charge is -2.31. The van der Waals surface area contributed by atoms with Crippen molar-refractivity contribution in [2.45, 2.75) is 26.8 Å². The minimum Gasteiger partial charge on any atom is -0.473 e. The van der Waals surface area contributed by atoms with Gasteiger partial charge in [-0.1, -0.05) is 6.92 Å². The second-order valence-corrected chi connectivity index (χ2v) is 6.21.